The van der Waals surface area contributed by atoms with Crippen molar-refractivity contribution in [3.63, 3.8) is 0 Å². The minimum atomic E-state index is -0.659. The number of carbonyl (C=O) groups excluding carboxylic acids is 1. The molecule has 152 valence electrons. The molecule has 0 radical (unpaired) electrons. The predicted octanol–water partition coefficient (Wildman–Crippen LogP) is 3.33. The Morgan fingerprint density at radius 1 is 1.23 bits per heavy atom. The van der Waals surface area contributed by atoms with Crippen LogP contribution < -0.4 is 11.1 Å². The Labute approximate surface area is 180 Å². The lowest BCUT2D eigenvalue weighted by atomic mass is 9.96. The van der Waals surface area contributed by atoms with E-state index >= 15 is 0 Å². The van der Waals surface area contributed by atoms with Gasteiger partial charge in [0.2, 0.25) is 0 Å². The van der Waals surface area contributed by atoms with E-state index in [2.05, 4.69) is 46.4 Å². The number of nitrogens with zero attached hydrogens (tertiary/aromatic N) is 6. The van der Waals surface area contributed by atoms with E-state index in [1.807, 2.05) is 12.1 Å². The van der Waals surface area contributed by atoms with Crippen LogP contribution in [0.15, 0.2) is 46.3 Å². The number of carbonyl (C=O) groups is 1. The van der Waals surface area contributed by atoms with Gasteiger partial charge in [-0.2, -0.15) is 20.0 Å². The second-order valence-electron chi connectivity index (χ2n) is 6.65. The van der Waals surface area contributed by atoms with Gasteiger partial charge in [-0.15, -0.1) is 0 Å². The summed E-state index contributed by atoms with van der Waals surface area (Å²) in [7, 11) is 0. The van der Waals surface area contributed by atoms with Gasteiger partial charge in [-0.05, 0) is 59.8 Å². The lowest BCUT2D eigenvalue weighted by Crippen LogP contribution is -2.18. The summed E-state index contributed by atoms with van der Waals surface area (Å²) in [5, 5.41) is 19.4. The number of anilines is 2. The summed E-state index contributed by atoms with van der Waals surface area (Å²) in [5.74, 6) is -0.246. The molecule has 2 heterocycles. The SMILES string of the molecule is N=C1CCCC/C1=N\c1ncc(C(N)=O)c(Nc2ccc(Br)c(-n3nccn3)c2)n1. The van der Waals surface area contributed by atoms with E-state index in [1.165, 1.54) is 11.0 Å². The van der Waals surface area contributed by atoms with E-state index in [0.29, 0.717) is 29.2 Å². The number of nitrogens with two attached hydrogens (primary N) is 1. The quantitative estimate of drug-likeness (QED) is 0.523. The van der Waals surface area contributed by atoms with Crippen LogP contribution in [0.3, 0.4) is 0 Å². The Kier molecular flexibility index (Phi) is 5.61. The van der Waals surface area contributed by atoms with Gasteiger partial charge in [-0.1, -0.05) is 0 Å². The van der Waals surface area contributed by atoms with Crippen molar-refractivity contribution >= 4 is 50.7 Å². The molecule has 1 amide bonds. The van der Waals surface area contributed by atoms with Crippen LogP contribution in [0.1, 0.15) is 36.0 Å². The summed E-state index contributed by atoms with van der Waals surface area (Å²) < 4.78 is 0.796. The molecule has 1 aliphatic carbocycles. The molecule has 30 heavy (non-hydrogen) atoms. The Morgan fingerprint density at radius 2 is 2.00 bits per heavy atom. The zero-order chi connectivity index (χ0) is 21.1. The van der Waals surface area contributed by atoms with Gasteiger partial charge < -0.3 is 16.5 Å². The third-order valence-corrected chi connectivity index (χ3v) is 5.23. The van der Waals surface area contributed by atoms with Crippen LogP contribution in [0.2, 0.25) is 0 Å². The first kappa shape index (κ1) is 19.8. The number of hydrogen-bond donors (Lipinski definition) is 3. The summed E-state index contributed by atoms with van der Waals surface area (Å²) >= 11 is 3.48. The van der Waals surface area contributed by atoms with Gasteiger partial charge in [0.1, 0.15) is 17.1 Å². The van der Waals surface area contributed by atoms with Gasteiger partial charge in [0.25, 0.3) is 11.9 Å². The first-order valence-electron chi connectivity index (χ1n) is 9.27. The minimum Gasteiger partial charge on any atom is -0.365 e. The van der Waals surface area contributed by atoms with Crippen LogP contribution in [-0.4, -0.2) is 42.3 Å². The molecule has 0 aliphatic heterocycles. The van der Waals surface area contributed by atoms with Crippen LogP contribution >= 0.6 is 15.9 Å². The van der Waals surface area contributed by atoms with E-state index in [4.69, 9.17) is 11.1 Å². The van der Waals surface area contributed by atoms with Crippen LogP contribution in [0.5, 0.6) is 0 Å². The molecule has 10 nitrogen and oxygen atoms in total. The fraction of sp³-hybridized carbons (Fsp3) is 0.211. The molecule has 1 saturated carbocycles. The van der Waals surface area contributed by atoms with Crippen molar-refractivity contribution in [1.29, 1.82) is 5.41 Å². The smallest absolute Gasteiger partial charge is 0.254 e. The molecular weight excluding hydrogens is 450 g/mol. The van der Waals surface area contributed by atoms with Gasteiger partial charge >= 0.3 is 0 Å². The number of amides is 1. The van der Waals surface area contributed by atoms with Crippen LogP contribution in [-0.2, 0) is 0 Å². The van der Waals surface area contributed by atoms with Crippen molar-refractivity contribution in [1.82, 2.24) is 25.0 Å². The Morgan fingerprint density at radius 3 is 2.73 bits per heavy atom. The lowest BCUT2D eigenvalue weighted by Gasteiger charge is -2.14. The highest BCUT2D eigenvalue weighted by Crippen LogP contribution is 2.27. The number of hydrogen-bond acceptors (Lipinski definition) is 8. The van der Waals surface area contributed by atoms with Crippen LogP contribution in [0.4, 0.5) is 17.5 Å². The monoisotopic (exact) mass is 467 g/mol. The molecular formula is C19H18BrN9O. The molecule has 0 atom stereocenters. The van der Waals surface area contributed by atoms with Gasteiger partial charge in [0, 0.05) is 16.4 Å². The maximum Gasteiger partial charge on any atom is 0.254 e. The van der Waals surface area contributed by atoms with E-state index in [-0.39, 0.29) is 17.3 Å². The van der Waals surface area contributed by atoms with Crippen LogP contribution in [0, 0.1) is 5.41 Å². The summed E-state index contributed by atoms with van der Waals surface area (Å²) in [6.07, 6.45) is 7.89. The van der Waals surface area contributed by atoms with Crippen molar-refractivity contribution in [3.8, 4) is 5.69 Å². The Hall–Kier alpha value is -3.47. The molecule has 11 heteroatoms. The molecule has 3 aromatic rings. The molecule has 1 aromatic carbocycles. The summed E-state index contributed by atoms with van der Waals surface area (Å²) in [5.41, 5.74) is 8.16. The third kappa shape index (κ3) is 4.25. The second-order valence-corrected chi connectivity index (χ2v) is 7.50. The van der Waals surface area contributed by atoms with E-state index < -0.39 is 5.91 Å². The molecule has 1 aliphatic rings. The minimum absolute atomic E-state index is 0.138. The van der Waals surface area contributed by atoms with Crippen molar-refractivity contribution in [2.45, 2.75) is 25.7 Å². The number of benzene rings is 1. The van der Waals surface area contributed by atoms with Crippen molar-refractivity contribution in [2.24, 2.45) is 10.7 Å². The highest BCUT2D eigenvalue weighted by molar-refractivity contribution is 9.10. The Balaban J connectivity index is 1.69. The number of primary amides is 1. The normalized spacial score (nSPS) is 15.4. The molecule has 1 fully saturated rings. The van der Waals surface area contributed by atoms with E-state index in [9.17, 15) is 4.79 Å². The predicted molar refractivity (Wildman–Crippen MR) is 116 cm³/mol. The van der Waals surface area contributed by atoms with Crippen molar-refractivity contribution in [3.05, 3.63) is 46.8 Å². The molecule has 0 spiro atoms. The number of aliphatic imine (C=N–C) groups is 1. The molecule has 4 N–H and O–H groups in total. The maximum absolute atomic E-state index is 11.9. The Bertz CT molecular complexity index is 1140. The fourth-order valence-corrected chi connectivity index (χ4v) is 3.46. The average molecular weight is 468 g/mol. The maximum atomic E-state index is 11.9. The number of aromatic nitrogens is 5. The number of halogens is 1. The zero-order valence-corrected chi connectivity index (χ0v) is 17.4. The lowest BCUT2D eigenvalue weighted by molar-refractivity contribution is 0.100. The van der Waals surface area contributed by atoms with E-state index in [0.717, 1.165) is 23.7 Å². The molecule has 4 rings (SSSR count). The summed E-state index contributed by atoms with van der Waals surface area (Å²) in [6.45, 7) is 0. The topological polar surface area (TPSA) is 148 Å². The van der Waals surface area contributed by atoms with Gasteiger partial charge in [-0.25, -0.2) is 9.98 Å². The second kappa shape index (κ2) is 8.49. The number of nitrogens with one attached hydrogen (secondary N) is 2. The average Bonchev–Trinajstić information content (AvgIpc) is 3.26. The van der Waals surface area contributed by atoms with Crippen LogP contribution in [0.25, 0.3) is 5.69 Å². The van der Waals surface area contributed by atoms with Gasteiger partial charge in [-0.3, -0.25) is 4.79 Å². The summed E-state index contributed by atoms with van der Waals surface area (Å²) in [4.78, 5) is 26.3. The first-order valence-corrected chi connectivity index (χ1v) is 10.1. The number of rotatable bonds is 5. The largest absolute Gasteiger partial charge is 0.365 e. The fourth-order valence-electron chi connectivity index (χ4n) is 3.06. The molecule has 2 aromatic heterocycles. The highest BCUT2D eigenvalue weighted by Gasteiger charge is 2.17. The molecule has 0 unspecified atom stereocenters. The van der Waals surface area contributed by atoms with Crippen molar-refractivity contribution < 1.29 is 4.79 Å². The third-order valence-electron chi connectivity index (χ3n) is 4.56. The van der Waals surface area contributed by atoms with Gasteiger partial charge in [0.05, 0.1) is 23.8 Å². The molecule has 0 saturated heterocycles. The standard InChI is InChI=1S/C19H18BrN9O/c20-13-6-5-11(9-16(13)29-24-7-8-25-29)26-18-12(17(22)30)10-23-19(28-18)27-15-4-2-1-3-14(15)21/h5-10,21H,1-4H2,(H2,22,30)(H,23,26,28)/b21-14?,27-15+. The first-order chi connectivity index (χ1) is 14.5. The summed E-state index contributed by atoms with van der Waals surface area (Å²) in [6, 6.07) is 5.45. The highest BCUT2D eigenvalue weighted by atomic mass is 79.9. The molecule has 0 bridgehead atoms. The zero-order valence-electron chi connectivity index (χ0n) is 15.8. The van der Waals surface area contributed by atoms with E-state index in [1.54, 1.807) is 18.5 Å². The van der Waals surface area contributed by atoms with Gasteiger partial charge in [0.15, 0.2) is 0 Å². The van der Waals surface area contributed by atoms with Crippen molar-refractivity contribution in [2.75, 3.05) is 5.32 Å².